The van der Waals surface area contributed by atoms with Crippen LogP contribution in [0.3, 0.4) is 0 Å². The number of benzene rings is 3. The number of hydrazone groups is 1. The fraction of sp³-hybridized carbons (Fsp3) is 0.185. The molecule has 186 valence electrons. The smallest absolute Gasteiger partial charge is 0.329 e. The quantitative estimate of drug-likeness (QED) is 0.243. The Morgan fingerprint density at radius 3 is 2.36 bits per heavy atom. The first-order valence-electron chi connectivity index (χ1n) is 11.2. The first-order valence-corrected chi connectivity index (χ1v) is 11.6. The first-order chi connectivity index (χ1) is 17.2. The molecule has 0 bridgehead atoms. The molecule has 0 aliphatic carbocycles. The molecule has 0 atom stereocenters. The van der Waals surface area contributed by atoms with Gasteiger partial charge in [0.05, 0.1) is 6.21 Å². The summed E-state index contributed by atoms with van der Waals surface area (Å²) in [5.41, 5.74) is 7.31. The molecule has 0 radical (unpaired) electrons. The summed E-state index contributed by atoms with van der Waals surface area (Å²) in [7, 11) is 0. The molecule has 3 aromatic carbocycles. The van der Waals surface area contributed by atoms with E-state index in [1.165, 1.54) is 6.21 Å². The van der Waals surface area contributed by atoms with E-state index in [0.29, 0.717) is 22.0 Å². The van der Waals surface area contributed by atoms with Gasteiger partial charge >= 0.3 is 11.8 Å². The maximum absolute atomic E-state index is 12.4. The lowest BCUT2D eigenvalue weighted by atomic mass is 10.1. The van der Waals surface area contributed by atoms with Crippen LogP contribution < -0.4 is 20.8 Å². The zero-order valence-corrected chi connectivity index (χ0v) is 21.0. The minimum atomic E-state index is -0.921. The molecule has 36 heavy (non-hydrogen) atoms. The van der Waals surface area contributed by atoms with Crippen LogP contribution >= 0.6 is 11.6 Å². The molecule has 3 rings (SSSR count). The largest absolute Gasteiger partial charge is 0.483 e. The maximum atomic E-state index is 12.4. The van der Waals surface area contributed by atoms with Crippen LogP contribution in [-0.2, 0) is 20.9 Å². The summed E-state index contributed by atoms with van der Waals surface area (Å²) >= 11 is 6.07. The molecule has 0 saturated heterocycles. The monoisotopic (exact) mass is 506 g/mol. The van der Waals surface area contributed by atoms with Gasteiger partial charge in [0.25, 0.3) is 5.91 Å². The van der Waals surface area contributed by atoms with E-state index in [1.807, 2.05) is 63.2 Å². The lowest BCUT2D eigenvalue weighted by molar-refractivity contribution is -0.139. The highest BCUT2D eigenvalue weighted by molar-refractivity contribution is 6.35. The van der Waals surface area contributed by atoms with Gasteiger partial charge in [0, 0.05) is 22.8 Å². The Morgan fingerprint density at radius 1 is 0.917 bits per heavy atom. The van der Waals surface area contributed by atoms with Gasteiger partial charge in [0.1, 0.15) is 5.75 Å². The number of carbonyl (C=O) groups is 3. The number of hydrogen-bond donors (Lipinski definition) is 3. The van der Waals surface area contributed by atoms with Crippen molar-refractivity contribution in [2.45, 2.75) is 27.3 Å². The van der Waals surface area contributed by atoms with Gasteiger partial charge in [0.15, 0.2) is 6.61 Å². The second kappa shape index (κ2) is 12.5. The molecular weight excluding hydrogens is 480 g/mol. The maximum Gasteiger partial charge on any atom is 0.329 e. The molecule has 0 fully saturated rings. The summed E-state index contributed by atoms with van der Waals surface area (Å²) in [4.78, 5) is 36.4. The van der Waals surface area contributed by atoms with Gasteiger partial charge < -0.3 is 15.4 Å². The van der Waals surface area contributed by atoms with Crippen molar-refractivity contribution in [3.63, 3.8) is 0 Å². The van der Waals surface area contributed by atoms with E-state index < -0.39 is 11.8 Å². The topological polar surface area (TPSA) is 109 Å². The number of rotatable bonds is 8. The summed E-state index contributed by atoms with van der Waals surface area (Å²) in [5, 5.41) is 9.57. The molecule has 0 aromatic heterocycles. The second-order valence-electron chi connectivity index (χ2n) is 8.20. The van der Waals surface area contributed by atoms with Crippen LogP contribution in [0.1, 0.15) is 27.8 Å². The van der Waals surface area contributed by atoms with E-state index in [9.17, 15) is 14.4 Å². The van der Waals surface area contributed by atoms with E-state index in [0.717, 1.165) is 22.3 Å². The van der Waals surface area contributed by atoms with Gasteiger partial charge in [-0.05, 0) is 56.2 Å². The Morgan fingerprint density at radius 2 is 1.64 bits per heavy atom. The fourth-order valence-electron chi connectivity index (χ4n) is 3.21. The lowest BCUT2D eigenvalue weighted by Gasteiger charge is -2.12. The Hall–Kier alpha value is -4.17. The molecule has 3 aromatic rings. The number of nitrogens with zero attached hydrogens (tertiary/aromatic N) is 1. The number of amides is 3. The Labute approximate surface area is 214 Å². The molecule has 0 aliphatic heterocycles. The third kappa shape index (κ3) is 7.95. The molecule has 0 saturated carbocycles. The SMILES string of the molecule is Cc1ccc(CNC(=O)C(=O)N/N=C\c2cc(Cl)ccc2OCC(=O)Nc2ccc(C)cc2C)cc1. The summed E-state index contributed by atoms with van der Waals surface area (Å²) in [6.07, 6.45) is 1.29. The number of carbonyl (C=O) groups excluding carboxylic acids is 3. The number of aryl methyl sites for hydroxylation is 3. The lowest BCUT2D eigenvalue weighted by Crippen LogP contribution is -2.37. The average molecular weight is 507 g/mol. The summed E-state index contributed by atoms with van der Waals surface area (Å²) < 4.78 is 5.64. The van der Waals surface area contributed by atoms with Crippen LogP contribution in [0, 0.1) is 20.8 Å². The minimum Gasteiger partial charge on any atom is -0.483 e. The predicted octanol–water partition coefficient (Wildman–Crippen LogP) is 4.05. The van der Waals surface area contributed by atoms with Crippen molar-refractivity contribution in [1.29, 1.82) is 0 Å². The number of nitrogens with one attached hydrogen (secondary N) is 3. The van der Waals surface area contributed by atoms with Crippen LogP contribution in [0.15, 0.2) is 65.8 Å². The van der Waals surface area contributed by atoms with Gasteiger partial charge in [-0.3, -0.25) is 14.4 Å². The number of anilines is 1. The third-order valence-corrected chi connectivity index (χ3v) is 5.37. The molecule has 0 unspecified atom stereocenters. The van der Waals surface area contributed by atoms with E-state index in [1.54, 1.807) is 18.2 Å². The van der Waals surface area contributed by atoms with Crippen molar-refractivity contribution < 1.29 is 19.1 Å². The third-order valence-electron chi connectivity index (χ3n) is 5.14. The highest BCUT2D eigenvalue weighted by Crippen LogP contribution is 2.22. The normalized spacial score (nSPS) is 10.7. The van der Waals surface area contributed by atoms with Crippen molar-refractivity contribution in [2.24, 2.45) is 5.10 Å². The van der Waals surface area contributed by atoms with Crippen molar-refractivity contribution >= 4 is 41.2 Å². The van der Waals surface area contributed by atoms with Gasteiger partial charge in [-0.2, -0.15) is 5.10 Å². The van der Waals surface area contributed by atoms with Crippen LogP contribution in [-0.4, -0.2) is 30.5 Å². The number of ether oxygens (including phenoxy) is 1. The molecule has 8 nitrogen and oxygen atoms in total. The van der Waals surface area contributed by atoms with Crippen molar-refractivity contribution in [3.8, 4) is 5.75 Å². The van der Waals surface area contributed by atoms with E-state index in [-0.39, 0.29) is 19.1 Å². The molecular formula is C27H27ClN4O4. The van der Waals surface area contributed by atoms with E-state index in [4.69, 9.17) is 16.3 Å². The molecule has 0 heterocycles. The van der Waals surface area contributed by atoms with Gasteiger partial charge in [-0.1, -0.05) is 59.1 Å². The summed E-state index contributed by atoms with van der Waals surface area (Å²) in [6.45, 7) is 5.82. The zero-order chi connectivity index (χ0) is 26.1. The number of halogens is 1. The second-order valence-corrected chi connectivity index (χ2v) is 8.64. The van der Waals surface area contributed by atoms with Crippen molar-refractivity contribution in [2.75, 3.05) is 11.9 Å². The molecule has 0 aliphatic rings. The summed E-state index contributed by atoms with van der Waals surface area (Å²) in [6, 6.07) is 18.1. The Balaban J connectivity index is 1.54. The molecule has 3 amide bonds. The summed E-state index contributed by atoms with van der Waals surface area (Å²) in [5.74, 6) is -1.75. The van der Waals surface area contributed by atoms with Crippen molar-refractivity contribution in [1.82, 2.24) is 10.7 Å². The fourth-order valence-corrected chi connectivity index (χ4v) is 3.40. The van der Waals surface area contributed by atoms with Crippen LogP contribution in [0.5, 0.6) is 5.75 Å². The van der Waals surface area contributed by atoms with Gasteiger partial charge in [0.2, 0.25) is 0 Å². The van der Waals surface area contributed by atoms with Gasteiger partial charge in [-0.15, -0.1) is 0 Å². The van der Waals surface area contributed by atoms with Gasteiger partial charge in [-0.25, -0.2) is 5.43 Å². The zero-order valence-electron chi connectivity index (χ0n) is 20.2. The Kier molecular flexibility index (Phi) is 9.19. The first kappa shape index (κ1) is 26.4. The van der Waals surface area contributed by atoms with Crippen LogP contribution in [0.2, 0.25) is 5.02 Å². The van der Waals surface area contributed by atoms with E-state index in [2.05, 4.69) is 21.2 Å². The van der Waals surface area contributed by atoms with Crippen LogP contribution in [0.4, 0.5) is 5.69 Å². The molecule has 3 N–H and O–H groups in total. The molecule has 9 heteroatoms. The minimum absolute atomic E-state index is 0.215. The highest BCUT2D eigenvalue weighted by atomic mass is 35.5. The van der Waals surface area contributed by atoms with Crippen LogP contribution in [0.25, 0.3) is 0 Å². The Bertz CT molecular complexity index is 1290. The number of hydrogen-bond acceptors (Lipinski definition) is 5. The van der Waals surface area contributed by atoms with E-state index >= 15 is 0 Å². The average Bonchev–Trinajstić information content (AvgIpc) is 2.84. The van der Waals surface area contributed by atoms with Crippen molar-refractivity contribution in [3.05, 3.63) is 93.5 Å². The molecule has 0 spiro atoms. The standard InChI is InChI=1S/C27H27ClN4O4/c1-17-4-7-20(8-5-17)14-29-26(34)27(35)32-30-15-21-13-22(28)9-11-24(21)36-16-25(33)31-23-10-6-18(2)12-19(23)3/h4-13,15H,14,16H2,1-3H3,(H,29,34)(H,31,33)(H,32,35)/b30-15-. The predicted molar refractivity (Wildman–Crippen MR) is 140 cm³/mol. The highest BCUT2D eigenvalue weighted by Gasteiger charge is 2.13.